The van der Waals surface area contributed by atoms with E-state index in [2.05, 4.69) is 22.1 Å². The summed E-state index contributed by atoms with van der Waals surface area (Å²) < 4.78 is 1.04. The molecule has 5 rings (SSSR count). The average Bonchev–Trinajstić information content (AvgIpc) is 3.15. The summed E-state index contributed by atoms with van der Waals surface area (Å²) in [6.45, 7) is 0. The maximum absolute atomic E-state index is 13.4. The normalized spacial score (nSPS) is 13.1. The molecule has 6 heteroatoms. The predicted octanol–water partition coefficient (Wildman–Crippen LogP) is 5.25. The first-order valence-corrected chi connectivity index (χ1v) is 11.0. The number of nitrogens with zero attached hydrogens (tertiary/aromatic N) is 3. The lowest BCUT2D eigenvalue weighted by molar-refractivity contribution is -0.115. The van der Waals surface area contributed by atoms with Crippen LogP contribution < -0.4 is 4.90 Å². The lowest BCUT2D eigenvalue weighted by Crippen LogP contribution is -2.28. The van der Waals surface area contributed by atoms with Crippen LogP contribution >= 0.6 is 23.1 Å². The molecule has 0 bridgehead atoms. The van der Waals surface area contributed by atoms with Gasteiger partial charge in [0.1, 0.15) is 11.4 Å². The quantitative estimate of drug-likeness (QED) is 0.346. The third-order valence-corrected chi connectivity index (χ3v) is 6.93. The lowest BCUT2D eigenvalue weighted by atomic mass is 10.0. The van der Waals surface area contributed by atoms with Crippen molar-refractivity contribution in [1.82, 2.24) is 9.97 Å². The maximum Gasteiger partial charge on any atom is 0.241 e. The number of benzene rings is 2. The first kappa shape index (κ1) is 17.4. The Labute approximate surface area is 171 Å². The molecule has 28 heavy (non-hydrogen) atoms. The topological polar surface area (TPSA) is 46.1 Å². The smallest absolute Gasteiger partial charge is 0.241 e. The molecule has 3 heterocycles. The fourth-order valence-electron chi connectivity index (χ4n) is 3.61. The number of rotatable bonds is 3. The summed E-state index contributed by atoms with van der Waals surface area (Å²) >= 11 is 3.09. The maximum atomic E-state index is 13.4. The Morgan fingerprint density at radius 1 is 0.964 bits per heavy atom. The largest absolute Gasteiger partial charge is 0.280 e. The van der Waals surface area contributed by atoms with Gasteiger partial charge in [0.15, 0.2) is 0 Å². The van der Waals surface area contributed by atoms with Crippen molar-refractivity contribution in [2.24, 2.45) is 0 Å². The van der Waals surface area contributed by atoms with E-state index >= 15 is 0 Å². The number of thiophene rings is 1. The van der Waals surface area contributed by atoms with Crippen molar-refractivity contribution in [1.29, 1.82) is 0 Å². The van der Waals surface area contributed by atoms with Crippen LogP contribution in [-0.2, 0) is 17.6 Å². The second-order valence-electron chi connectivity index (χ2n) is 6.59. The Kier molecular flexibility index (Phi) is 4.58. The minimum Gasteiger partial charge on any atom is -0.280 e. The van der Waals surface area contributed by atoms with Crippen molar-refractivity contribution in [2.45, 2.75) is 17.9 Å². The number of anilines is 2. The van der Waals surface area contributed by atoms with E-state index < -0.39 is 0 Å². The van der Waals surface area contributed by atoms with Crippen molar-refractivity contribution in [3.8, 4) is 0 Å². The molecule has 138 valence electrons. The zero-order chi connectivity index (χ0) is 18.9. The van der Waals surface area contributed by atoms with Crippen LogP contribution in [0.25, 0.3) is 10.2 Å². The van der Waals surface area contributed by atoms with Gasteiger partial charge >= 0.3 is 0 Å². The van der Waals surface area contributed by atoms with Crippen LogP contribution in [0.2, 0.25) is 0 Å². The SMILES string of the molecule is O=C(CSc1ncnc2ccsc12)N1c2ccccc2CCc2ccccc21. The number of hydrogen-bond acceptors (Lipinski definition) is 5. The van der Waals surface area contributed by atoms with Crippen molar-refractivity contribution in [3.05, 3.63) is 77.4 Å². The van der Waals surface area contributed by atoms with Gasteiger partial charge in [0.2, 0.25) is 5.91 Å². The Morgan fingerprint density at radius 3 is 2.36 bits per heavy atom. The summed E-state index contributed by atoms with van der Waals surface area (Å²) in [4.78, 5) is 24.0. The van der Waals surface area contributed by atoms with Gasteiger partial charge in [0.25, 0.3) is 0 Å². The molecule has 0 atom stereocenters. The monoisotopic (exact) mass is 403 g/mol. The molecule has 4 nitrogen and oxygen atoms in total. The van der Waals surface area contributed by atoms with Gasteiger partial charge in [-0.1, -0.05) is 48.2 Å². The van der Waals surface area contributed by atoms with Crippen molar-refractivity contribution < 1.29 is 4.79 Å². The van der Waals surface area contributed by atoms with Crippen molar-refractivity contribution >= 4 is 50.6 Å². The number of thioether (sulfide) groups is 1. The van der Waals surface area contributed by atoms with E-state index in [-0.39, 0.29) is 5.91 Å². The summed E-state index contributed by atoms with van der Waals surface area (Å²) in [5.41, 5.74) is 5.32. The summed E-state index contributed by atoms with van der Waals surface area (Å²) in [6.07, 6.45) is 3.44. The van der Waals surface area contributed by atoms with Crippen LogP contribution in [0.1, 0.15) is 11.1 Å². The molecule has 0 saturated heterocycles. The van der Waals surface area contributed by atoms with E-state index in [1.807, 2.05) is 52.7 Å². The number of amides is 1. The number of fused-ring (bicyclic) bond motifs is 3. The van der Waals surface area contributed by atoms with Gasteiger partial charge < -0.3 is 0 Å². The predicted molar refractivity (Wildman–Crippen MR) is 116 cm³/mol. The number of aryl methyl sites for hydroxylation is 2. The van der Waals surface area contributed by atoms with E-state index in [1.165, 1.54) is 22.9 Å². The van der Waals surface area contributed by atoms with Gasteiger partial charge in [-0.2, -0.15) is 0 Å². The van der Waals surface area contributed by atoms with Crippen molar-refractivity contribution in [2.75, 3.05) is 10.7 Å². The molecule has 0 N–H and O–H groups in total. The zero-order valence-electron chi connectivity index (χ0n) is 15.0. The highest BCUT2D eigenvalue weighted by Gasteiger charge is 2.25. The van der Waals surface area contributed by atoms with Crippen LogP contribution in [0.5, 0.6) is 0 Å². The Morgan fingerprint density at radius 2 is 1.64 bits per heavy atom. The fourth-order valence-corrected chi connectivity index (χ4v) is 5.41. The van der Waals surface area contributed by atoms with E-state index in [4.69, 9.17) is 0 Å². The molecular weight excluding hydrogens is 386 g/mol. The van der Waals surface area contributed by atoms with Crippen LogP contribution in [0.4, 0.5) is 11.4 Å². The molecule has 1 aliphatic heterocycles. The van der Waals surface area contributed by atoms with Gasteiger partial charge in [-0.25, -0.2) is 9.97 Å². The summed E-state index contributed by atoms with van der Waals surface area (Å²) in [5, 5.41) is 2.87. The molecule has 1 amide bonds. The number of carbonyl (C=O) groups is 1. The molecule has 4 aromatic rings. The number of carbonyl (C=O) groups excluding carboxylic acids is 1. The van der Waals surface area contributed by atoms with Crippen LogP contribution in [0, 0.1) is 0 Å². The number of aromatic nitrogens is 2. The number of hydrogen-bond donors (Lipinski definition) is 0. The second-order valence-corrected chi connectivity index (χ2v) is 8.47. The van der Waals surface area contributed by atoms with Gasteiger partial charge in [0.05, 0.1) is 27.3 Å². The minimum absolute atomic E-state index is 0.0649. The van der Waals surface area contributed by atoms with Gasteiger partial charge in [-0.05, 0) is 47.5 Å². The molecule has 0 unspecified atom stereocenters. The van der Waals surface area contributed by atoms with Gasteiger partial charge in [-0.15, -0.1) is 11.3 Å². The molecule has 0 radical (unpaired) electrons. The fraction of sp³-hybridized carbons (Fsp3) is 0.136. The molecular formula is C22H17N3OS2. The molecule has 1 aliphatic rings. The third-order valence-electron chi connectivity index (χ3n) is 4.92. The van der Waals surface area contributed by atoms with Gasteiger partial charge in [0, 0.05) is 0 Å². The Hall–Kier alpha value is -2.70. The van der Waals surface area contributed by atoms with Crippen LogP contribution in [0.3, 0.4) is 0 Å². The first-order chi connectivity index (χ1) is 13.8. The highest BCUT2D eigenvalue weighted by Crippen LogP contribution is 2.37. The summed E-state index contributed by atoms with van der Waals surface area (Å²) in [7, 11) is 0. The van der Waals surface area contributed by atoms with E-state index in [0.717, 1.165) is 39.5 Å². The zero-order valence-corrected chi connectivity index (χ0v) is 16.7. The van der Waals surface area contributed by atoms with Crippen LogP contribution in [-0.4, -0.2) is 21.6 Å². The summed E-state index contributed by atoms with van der Waals surface area (Å²) in [5.74, 6) is 0.391. The molecule has 0 aliphatic carbocycles. The summed E-state index contributed by atoms with van der Waals surface area (Å²) in [6, 6.07) is 18.4. The molecule has 2 aromatic carbocycles. The van der Waals surface area contributed by atoms with E-state index in [0.29, 0.717) is 5.75 Å². The van der Waals surface area contributed by atoms with Gasteiger partial charge in [-0.3, -0.25) is 9.69 Å². The Balaban J connectivity index is 1.49. The van der Waals surface area contributed by atoms with Crippen LogP contribution in [0.15, 0.2) is 71.3 Å². The average molecular weight is 404 g/mol. The highest BCUT2D eigenvalue weighted by atomic mass is 32.2. The molecule has 0 spiro atoms. The first-order valence-electron chi connectivity index (χ1n) is 9.11. The van der Waals surface area contributed by atoms with Crippen molar-refractivity contribution in [3.63, 3.8) is 0 Å². The Bertz CT molecular complexity index is 1120. The minimum atomic E-state index is 0.0649. The second kappa shape index (κ2) is 7.37. The molecule has 2 aromatic heterocycles. The lowest BCUT2D eigenvalue weighted by Gasteiger charge is -2.24. The highest BCUT2D eigenvalue weighted by molar-refractivity contribution is 8.00. The molecule has 0 fully saturated rings. The van der Waals surface area contributed by atoms with E-state index in [1.54, 1.807) is 17.7 Å². The molecule has 0 saturated carbocycles. The third kappa shape index (κ3) is 3.08. The number of para-hydroxylation sites is 2. The van der Waals surface area contributed by atoms with E-state index in [9.17, 15) is 4.79 Å². The standard InChI is InChI=1S/C22H17N3OS2/c26-20(13-28-22-21-17(11-12-27-21)23-14-24-22)25-18-7-3-1-5-15(18)9-10-16-6-2-4-8-19(16)25/h1-8,11-12,14H,9-10,13H2.